The Bertz CT molecular complexity index is 999. The highest BCUT2D eigenvalue weighted by Gasteiger charge is 2.68. The number of hydrogen-bond donors (Lipinski definition) is 0. The van der Waals surface area contributed by atoms with Crippen molar-refractivity contribution in [2.45, 2.75) is 126 Å². The molecule has 0 bridgehead atoms. The summed E-state index contributed by atoms with van der Waals surface area (Å²) in [6.45, 7) is 18.6. The van der Waals surface area contributed by atoms with Gasteiger partial charge >= 0.3 is 5.97 Å². The number of esters is 1. The van der Waals surface area contributed by atoms with Crippen molar-refractivity contribution in [3.63, 3.8) is 0 Å². The zero-order valence-corrected chi connectivity index (χ0v) is 24.8. The quantitative estimate of drug-likeness (QED) is 0.210. The Morgan fingerprint density at radius 2 is 1.56 bits per heavy atom. The third-order valence-corrected chi connectivity index (χ3v) is 14.0. The number of fused-ring (bicyclic) bond motifs is 7. The second kappa shape index (κ2) is 8.09. The van der Waals surface area contributed by atoms with E-state index in [0.29, 0.717) is 17.8 Å². The molecule has 0 aromatic heterocycles. The molecular formula is C32H49ClO3. The predicted octanol–water partition coefficient (Wildman–Crippen LogP) is 8.49. The molecule has 36 heavy (non-hydrogen) atoms. The molecule has 3 nitrogen and oxygen atoms in total. The van der Waals surface area contributed by atoms with E-state index < -0.39 is 5.41 Å². The number of halogens is 1. The van der Waals surface area contributed by atoms with E-state index in [1.807, 2.05) is 0 Å². The molecule has 0 unspecified atom stereocenters. The van der Waals surface area contributed by atoms with E-state index in [1.165, 1.54) is 25.7 Å². The van der Waals surface area contributed by atoms with E-state index >= 15 is 0 Å². The lowest BCUT2D eigenvalue weighted by molar-refractivity contribution is -0.211. The number of rotatable bonds is 2. The van der Waals surface area contributed by atoms with Gasteiger partial charge in [0.2, 0.25) is 5.24 Å². The van der Waals surface area contributed by atoms with Gasteiger partial charge < -0.3 is 4.74 Å². The van der Waals surface area contributed by atoms with E-state index in [-0.39, 0.29) is 44.4 Å². The minimum Gasteiger partial charge on any atom is -0.462 e. The molecule has 0 aromatic carbocycles. The lowest BCUT2D eigenvalue weighted by Crippen LogP contribution is -2.64. The highest BCUT2D eigenvalue weighted by molar-refractivity contribution is 6.64. The summed E-state index contributed by atoms with van der Waals surface area (Å²) < 4.78 is 5.89. The molecule has 9 atom stereocenters. The monoisotopic (exact) mass is 516 g/mol. The second-order valence-electron chi connectivity index (χ2n) is 15.5. The van der Waals surface area contributed by atoms with Gasteiger partial charge in [-0.15, -0.1) is 0 Å². The van der Waals surface area contributed by atoms with Crippen LogP contribution in [-0.2, 0) is 14.3 Å². The smallest absolute Gasteiger partial charge is 0.302 e. The zero-order valence-electron chi connectivity index (χ0n) is 24.1. The van der Waals surface area contributed by atoms with Crippen molar-refractivity contribution >= 4 is 22.8 Å². The van der Waals surface area contributed by atoms with Crippen LogP contribution < -0.4 is 0 Å². The van der Waals surface area contributed by atoms with E-state index in [0.717, 1.165) is 38.5 Å². The van der Waals surface area contributed by atoms with Gasteiger partial charge in [-0.1, -0.05) is 60.1 Å². The fourth-order valence-electron chi connectivity index (χ4n) is 10.9. The van der Waals surface area contributed by atoms with Gasteiger partial charge in [0.1, 0.15) is 6.10 Å². The zero-order chi connectivity index (χ0) is 26.5. The van der Waals surface area contributed by atoms with Gasteiger partial charge in [0.25, 0.3) is 0 Å². The Morgan fingerprint density at radius 3 is 2.19 bits per heavy atom. The maximum atomic E-state index is 12.5. The number of hydrogen-bond acceptors (Lipinski definition) is 3. The lowest BCUT2D eigenvalue weighted by Gasteiger charge is -2.71. The van der Waals surface area contributed by atoms with Crippen LogP contribution in [0, 0.1) is 50.2 Å². The maximum Gasteiger partial charge on any atom is 0.302 e. The van der Waals surface area contributed by atoms with Crippen LogP contribution in [0.4, 0.5) is 0 Å². The standard InChI is InChI=1S/C32H49ClO3/c1-20(34)36-25-12-13-30(6)23(27(25,2)3)11-14-32(8)24(30)10-9-21-22-19-29(5,26(33)35)16-15-28(22,4)17-18-31(21,32)7/h9,22-25H,10-19H2,1-8H3/t22-,23+,24-,25+,28+,29-,30+,31+,32+/m0/s1. The molecule has 0 aliphatic heterocycles. The molecule has 0 aromatic rings. The van der Waals surface area contributed by atoms with E-state index in [9.17, 15) is 9.59 Å². The third-order valence-electron chi connectivity index (χ3n) is 13.6. The maximum absolute atomic E-state index is 12.5. The minimum absolute atomic E-state index is 0.0120. The van der Waals surface area contributed by atoms with Crippen LogP contribution in [0.1, 0.15) is 120 Å². The summed E-state index contributed by atoms with van der Waals surface area (Å²) in [4.78, 5) is 24.4. The molecule has 0 spiro atoms. The second-order valence-corrected chi connectivity index (χ2v) is 15.8. The predicted molar refractivity (Wildman–Crippen MR) is 145 cm³/mol. The fourth-order valence-corrected chi connectivity index (χ4v) is 11.1. The molecule has 0 saturated heterocycles. The number of ether oxygens (including phenoxy) is 1. The number of carbonyl (C=O) groups is 2. The SMILES string of the molecule is CC(=O)O[C@@H]1CC[C@]2(C)[C@H](CC[C@]3(C)[C@H]2CC=C2[C@@H]4C[C@@](C)(C(=O)Cl)CC[C@]4(C)CC[C@]23C)C1(C)C. The molecule has 202 valence electrons. The molecule has 4 saturated carbocycles. The molecule has 0 heterocycles. The molecule has 5 aliphatic carbocycles. The molecular weight excluding hydrogens is 468 g/mol. The first kappa shape index (κ1) is 26.8. The Hall–Kier alpha value is -0.830. The number of carbonyl (C=O) groups excluding carboxylic acids is 2. The minimum atomic E-state index is -0.397. The van der Waals surface area contributed by atoms with Crippen molar-refractivity contribution in [3.8, 4) is 0 Å². The normalized spacial score (nSPS) is 51.5. The van der Waals surface area contributed by atoms with Crippen molar-refractivity contribution in [1.82, 2.24) is 0 Å². The molecule has 0 radical (unpaired) electrons. The molecule has 5 aliphatic rings. The summed E-state index contributed by atoms with van der Waals surface area (Å²) in [5.41, 5.74) is 2.19. The first-order valence-corrected chi connectivity index (χ1v) is 15.0. The first-order valence-electron chi connectivity index (χ1n) is 14.6. The average Bonchev–Trinajstić information content (AvgIpc) is 2.77. The van der Waals surface area contributed by atoms with Gasteiger partial charge in [-0.3, -0.25) is 9.59 Å². The van der Waals surface area contributed by atoms with Gasteiger partial charge in [-0.25, -0.2) is 0 Å². The Labute approximate surface area is 224 Å². The van der Waals surface area contributed by atoms with Crippen LogP contribution in [0.15, 0.2) is 11.6 Å². The summed E-state index contributed by atoms with van der Waals surface area (Å²) in [5.74, 6) is 1.50. The topological polar surface area (TPSA) is 43.4 Å². The van der Waals surface area contributed by atoms with Crippen molar-refractivity contribution in [3.05, 3.63) is 11.6 Å². The van der Waals surface area contributed by atoms with Crippen LogP contribution in [0.2, 0.25) is 0 Å². The first-order chi connectivity index (χ1) is 16.5. The molecule has 0 N–H and O–H groups in total. The van der Waals surface area contributed by atoms with E-state index in [2.05, 4.69) is 54.5 Å². The summed E-state index contributed by atoms with van der Waals surface area (Å²) in [7, 11) is 0. The lowest BCUT2D eigenvalue weighted by atomic mass is 9.33. The van der Waals surface area contributed by atoms with Crippen LogP contribution in [0.3, 0.4) is 0 Å². The van der Waals surface area contributed by atoms with E-state index in [1.54, 1.807) is 12.5 Å². The summed E-state index contributed by atoms with van der Waals surface area (Å²) in [5, 5.41) is -0.142. The van der Waals surface area contributed by atoms with E-state index in [4.69, 9.17) is 16.3 Å². The van der Waals surface area contributed by atoms with Crippen molar-refractivity contribution < 1.29 is 14.3 Å². The highest BCUT2D eigenvalue weighted by Crippen LogP contribution is 2.75. The van der Waals surface area contributed by atoms with Gasteiger partial charge in [-0.05, 0) is 115 Å². The molecule has 5 rings (SSSR count). The Kier molecular flexibility index (Phi) is 6.01. The largest absolute Gasteiger partial charge is 0.462 e. The fraction of sp³-hybridized carbons (Fsp3) is 0.875. The molecule has 4 heteroatoms. The Balaban J connectivity index is 1.53. The average molecular weight is 517 g/mol. The number of allylic oxidation sites excluding steroid dienone is 2. The van der Waals surface area contributed by atoms with Gasteiger partial charge in [0.05, 0.1) is 0 Å². The van der Waals surface area contributed by atoms with Crippen molar-refractivity contribution in [2.24, 2.45) is 50.2 Å². The molecule has 4 fully saturated rings. The summed E-state index contributed by atoms with van der Waals surface area (Å²) >= 11 is 6.20. The molecule has 0 amide bonds. The Morgan fingerprint density at radius 1 is 0.889 bits per heavy atom. The van der Waals surface area contributed by atoms with Crippen LogP contribution >= 0.6 is 11.6 Å². The summed E-state index contributed by atoms with van der Waals surface area (Å²) in [6.07, 6.45) is 13.8. The third kappa shape index (κ3) is 3.42. The summed E-state index contributed by atoms with van der Waals surface area (Å²) in [6, 6.07) is 0. The van der Waals surface area contributed by atoms with Gasteiger partial charge in [0, 0.05) is 17.8 Å². The highest BCUT2D eigenvalue weighted by atomic mass is 35.5. The van der Waals surface area contributed by atoms with Crippen LogP contribution in [-0.4, -0.2) is 17.3 Å². The van der Waals surface area contributed by atoms with Crippen LogP contribution in [0.5, 0.6) is 0 Å². The van der Waals surface area contributed by atoms with Crippen molar-refractivity contribution in [2.75, 3.05) is 0 Å². The van der Waals surface area contributed by atoms with Crippen molar-refractivity contribution in [1.29, 1.82) is 0 Å². The van der Waals surface area contributed by atoms with Gasteiger partial charge in [-0.2, -0.15) is 0 Å². The van der Waals surface area contributed by atoms with Crippen LogP contribution in [0.25, 0.3) is 0 Å². The van der Waals surface area contributed by atoms with Gasteiger partial charge in [0.15, 0.2) is 0 Å².